The van der Waals surface area contributed by atoms with Gasteiger partial charge >= 0.3 is 0 Å². The summed E-state index contributed by atoms with van der Waals surface area (Å²) in [5, 5.41) is 13.2. The Kier molecular flexibility index (Phi) is 4.49. The van der Waals surface area contributed by atoms with Crippen LogP contribution in [0.3, 0.4) is 0 Å². The molecule has 2 nitrogen and oxygen atoms in total. The van der Waals surface area contributed by atoms with Crippen LogP contribution in [0.5, 0.6) is 0 Å². The topological polar surface area (TPSA) is 46.2 Å². The van der Waals surface area contributed by atoms with E-state index in [1.165, 1.54) is 0 Å². The molecule has 0 saturated heterocycles. The van der Waals surface area contributed by atoms with E-state index in [9.17, 15) is 0 Å². The van der Waals surface area contributed by atoms with Gasteiger partial charge in [-0.15, -0.1) is 0 Å². The lowest BCUT2D eigenvalue weighted by Gasteiger charge is -1.75. The minimum Gasteiger partial charge on any atom is -0.516 e. The maximum atomic E-state index is 7.98. The molecule has 0 rings (SSSR count). The Morgan fingerprint density at radius 2 is 2.50 bits per heavy atom. The lowest BCUT2D eigenvalue weighted by molar-refractivity contribution is 0.472. The summed E-state index contributed by atoms with van der Waals surface area (Å²) >= 11 is 0. The van der Waals surface area contributed by atoms with E-state index in [1.54, 1.807) is 6.08 Å². The zero-order valence-electron chi connectivity index (χ0n) is 3.59. The average Bonchev–Trinajstić information content (AvgIpc) is 1.61. The van der Waals surface area contributed by atoms with Gasteiger partial charge in [-0.2, -0.15) is 0 Å². The number of aliphatic hydroxyl groups is 1. The van der Waals surface area contributed by atoms with Gasteiger partial charge in [0.2, 0.25) is 0 Å². The van der Waals surface area contributed by atoms with Gasteiger partial charge < -0.3 is 10.5 Å². The van der Waals surface area contributed by atoms with E-state index >= 15 is 0 Å². The molecule has 0 aliphatic carbocycles. The van der Waals surface area contributed by atoms with Gasteiger partial charge in [0.1, 0.15) is 0 Å². The summed E-state index contributed by atoms with van der Waals surface area (Å²) in [6.45, 7) is 0. The van der Waals surface area contributed by atoms with Crippen LogP contribution in [0.4, 0.5) is 0 Å². The largest absolute Gasteiger partial charge is 0.516 e. The Bertz CT molecular complexity index is 46.1. The highest BCUT2D eigenvalue weighted by Crippen LogP contribution is 1.72. The smallest absolute Gasteiger partial charge is 0.0927 e. The number of allylic oxidation sites excluding steroid dienone is 1. The first-order valence-electron chi connectivity index (χ1n) is 1.91. The molecule has 3 heteroatoms. The average molecular weight is 103 g/mol. The van der Waals surface area contributed by atoms with Crippen LogP contribution in [0, 0.1) is 0 Å². The molecule has 0 fully saturated rings. The number of rotatable bonds is 2. The third kappa shape index (κ3) is 3.72. The van der Waals surface area contributed by atoms with Crippen molar-refractivity contribution in [1.82, 2.24) is 0 Å². The highest BCUT2D eigenvalue weighted by molar-refractivity contribution is 6.31. The molecule has 0 heterocycles. The molecule has 0 aromatic heterocycles. The Balaban J connectivity index is 2.66. The Labute approximate surface area is 39.6 Å². The Morgan fingerprint density at radius 1 is 1.83 bits per heavy atom. The summed E-state index contributed by atoms with van der Waals surface area (Å²) in [6, 6.07) is 0.899. The van der Waals surface area contributed by atoms with Crippen molar-refractivity contribution in [2.45, 2.75) is 6.04 Å². The molecule has 36 valence electrons. The van der Waals surface area contributed by atoms with E-state index in [-0.39, 0.29) is 9.68 Å². The third-order valence-corrected chi connectivity index (χ3v) is 1.11. The van der Waals surface area contributed by atoms with Gasteiger partial charge in [0, 0.05) is 0 Å². The normalized spacial score (nSPS) is 12.2. The highest BCUT2D eigenvalue weighted by Gasteiger charge is 1.67. The molecule has 0 unspecified atom stereocenters. The first-order chi connectivity index (χ1) is 2.91. The fourth-order valence-electron chi connectivity index (χ4n) is 0.171. The molecule has 0 radical (unpaired) electrons. The van der Waals surface area contributed by atoms with Gasteiger partial charge in [-0.25, -0.2) is 0 Å². The minimum absolute atomic E-state index is 0.344. The summed E-state index contributed by atoms with van der Waals surface area (Å²) < 4.78 is 0. The van der Waals surface area contributed by atoms with Gasteiger partial charge in [-0.1, -0.05) is 6.08 Å². The highest BCUT2D eigenvalue weighted by atomic mass is 28.2. The molecule has 0 aromatic rings. The van der Waals surface area contributed by atoms with E-state index in [0.717, 1.165) is 12.3 Å². The van der Waals surface area contributed by atoms with Crippen molar-refractivity contribution in [3.8, 4) is 0 Å². The van der Waals surface area contributed by atoms with E-state index in [4.69, 9.17) is 10.5 Å². The maximum Gasteiger partial charge on any atom is 0.0927 e. The zero-order chi connectivity index (χ0) is 4.83. The summed E-state index contributed by atoms with van der Waals surface area (Å²) in [4.78, 5) is 0. The maximum absolute atomic E-state index is 7.98. The molecule has 6 heavy (non-hydrogen) atoms. The third-order valence-electron chi connectivity index (χ3n) is 0.439. The van der Waals surface area contributed by atoms with Crippen LogP contribution in [0.25, 0.3) is 0 Å². The first kappa shape index (κ1) is 5.72. The van der Waals surface area contributed by atoms with Crippen molar-refractivity contribution in [1.29, 1.82) is 0 Å². The molecule has 0 aliphatic rings. The van der Waals surface area contributed by atoms with Crippen molar-refractivity contribution >= 4 is 9.68 Å². The van der Waals surface area contributed by atoms with Gasteiger partial charge in [-0.3, -0.25) is 0 Å². The fourth-order valence-corrected chi connectivity index (χ4v) is 0.512. The molecule has 0 spiro atoms. The number of hydrogen-bond donors (Lipinski definition) is 2. The quantitative estimate of drug-likeness (QED) is 0.366. The lowest BCUT2D eigenvalue weighted by Crippen LogP contribution is -2.00. The van der Waals surface area contributed by atoms with E-state index in [0.29, 0.717) is 0 Å². The van der Waals surface area contributed by atoms with E-state index in [2.05, 4.69) is 0 Å². The number of hydrogen-bond acceptors (Lipinski definition) is 2. The molecule has 0 aliphatic heterocycles. The second-order valence-corrected chi connectivity index (χ2v) is 2.12. The van der Waals surface area contributed by atoms with Gasteiger partial charge in [0.05, 0.1) is 15.9 Å². The SMILES string of the molecule is N[SiH2]CC=CO. The predicted molar refractivity (Wildman–Crippen MR) is 29.3 cm³/mol. The molecule has 0 atom stereocenters. The van der Waals surface area contributed by atoms with Crippen LogP contribution in [0.2, 0.25) is 6.04 Å². The molecule has 0 aromatic carbocycles. The van der Waals surface area contributed by atoms with Crippen LogP contribution < -0.4 is 5.40 Å². The summed E-state index contributed by atoms with van der Waals surface area (Å²) in [7, 11) is -0.344. The number of nitrogens with two attached hydrogens (primary N) is 1. The van der Waals surface area contributed by atoms with Crippen molar-refractivity contribution in [2.24, 2.45) is 5.40 Å². The van der Waals surface area contributed by atoms with Crippen molar-refractivity contribution in [3.05, 3.63) is 12.3 Å². The fraction of sp³-hybridized carbons (Fsp3) is 0.333. The second kappa shape index (κ2) is 4.72. The van der Waals surface area contributed by atoms with Crippen molar-refractivity contribution < 1.29 is 5.11 Å². The standard InChI is InChI=1S/C3H9NOSi/c4-6-3-1-2-5/h1-2,5H,3-4,6H2. The van der Waals surface area contributed by atoms with Crippen LogP contribution in [0.15, 0.2) is 12.3 Å². The molecule has 3 N–H and O–H groups in total. The van der Waals surface area contributed by atoms with Crippen LogP contribution in [0.1, 0.15) is 0 Å². The molecular formula is C3H9NOSi. The Hall–Kier alpha value is -0.283. The first-order valence-corrected chi connectivity index (χ1v) is 3.72. The van der Waals surface area contributed by atoms with Crippen LogP contribution >= 0.6 is 0 Å². The second-order valence-electron chi connectivity index (χ2n) is 0.962. The monoisotopic (exact) mass is 103 g/mol. The molecule has 0 saturated carbocycles. The molecular weight excluding hydrogens is 94.1 g/mol. The molecule has 0 amide bonds. The summed E-state index contributed by atoms with van der Waals surface area (Å²) in [5.74, 6) is 0. The molecule has 0 bridgehead atoms. The van der Waals surface area contributed by atoms with Crippen LogP contribution in [-0.4, -0.2) is 14.8 Å². The summed E-state index contributed by atoms with van der Waals surface area (Å²) in [5.41, 5.74) is 0. The van der Waals surface area contributed by atoms with E-state index in [1.807, 2.05) is 0 Å². The lowest BCUT2D eigenvalue weighted by atomic mass is 10.7. The van der Waals surface area contributed by atoms with Crippen LogP contribution in [-0.2, 0) is 0 Å². The predicted octanol–water partition coefficient (Wildman–Crippen LogP) is -0.481. The zero-order valence-corrected chi connectivity index (χ0v) is 5.01. The van der Waals surface area contributed by atoms with Gasteiger partial charge in [-0.05, 0) is 6.04 Å². The minimum atomic E-state index is -0.344. The summed E-state index contributed by atoms with van der Waals surface area (Å²) in [6.07, 6.45) is 2.71. The van der Waals surface area contributed by atoms with Crippen molar-refractivity contribution in [2.75, 3.05) is 0 Å². The Morgan fingerprint density at radius 3 is 2.67 bits per heavy atom. The van der Waals surface area contributed by atoms with Gasteiger partial charge in [0.25, 0.3) is 0 Å². The van der Waals surface area contributed by atoms with Crippen molar-refractivity contribution in [3.63, 3.8) is 0 Å². The van der Waals surface area contributed by atoms with E-state index < -0.39 is 0 Å². The number of aliphatic hydroxyl groups excluding tert-OH is 1. The van der Waals surface area contributed by atoms with Gasteiger partial charge in [0.15, 0.2) is 0 Å².